The van der Waals surface area contributed by atoms with Crippen LogP contribution in [0, 0.1) is 0 Å². The summed E-state index contributed by atoms with van der Waals surface area (Å²) in [5.41, 5.74) is 0.997. The van der Waals surface area contributed by atoms with E-state index in [1.54, 1.807) is 23.9 Å². The van der Waals surface area contributed by atoms with Crippen molar-refractivity contribution in [2.45, 2.75) is 29.5 Å². The van der Waals surface area contributed by atoms with Crippen molar-refractivity contribution >= 4 is 27.5 Å². The second-order valence-electron chi connectivity index (χ2n) is 6.49. The molecule has 24 heavy (non-hydrogen) atoms. The van der Waals surface area contributed by atoms with Gasteiger partial charge in [-0.05, 0) is 43.6 Å². The van der Waals surface area contributed by atoms with E-state index in [2.05, 4.69) is 4.90 Å². The van der Waals surface area contributed by atoms with E-state index in [-0.39, 0.29) is 11.3 Å². The van der Waals surface area contributed by atoms with Crippen molar-refractivity contribution in [3.05, 3.63) is 29.8 Å². The summed E-state index contributed by atoms with van der Waals surface area (Å²) in [5, 5.41) is -0.00380. The highest BCUT2D eigenvalue weighted by Gasteiger charge is 2.32. The number of hydrogen-bond acceptors (Lipinski definition) is 5. The normalized spacial score (nSPS) is 23.0. The largest absolute Gasteiger partial charge is 0.325 e. The Hall–Kier alpha value is -1.05. The van der Waals surface area contributed by atoms with E-state index in [0.29, 0.717) is 10.6 Å². The molecule has 0 bridgehead atoms. The van der Waals surface area contributed by atoms with Crippen LogP contribution in [-0.4, -0.2) is 62.3 Å². The van der Waals surface area contributed by atoms with Gasteiger partial charge in [0.25, 0.3) is 0 Å². The Morgan fingerprint density at radius 1 is 1.08 bits per heavy atom. The minimum atomic E-state index is -3.19. The third kappa shape index (κ3) is 4.13. The lowest BCUT2D eigenvalue weighted by Gasteiger charge is -2.30. The van der Waals surface area contributed by atoms with Crippen LogP contribution in [-0.2, 0) is 14.6 Å². The summed E-state index contributed by atoms with van der Waals surface area (Å²) in [6, 6.07) is 6.94. The van der Waals surface area contributed by atoms with Crippen LogP contribution in [0.5, 0.6) is 0 Å². The minimum absolute atomic E-state index is 0.00380. The summed E-state index contributed by atoms with van der Waals surface area (Å²) in [7, 11) is -3.19. The fourth-order valence-electron chi connectivity index (χ4n) is 3.28. The molecule has 0 spiro atoms. The van der Waals surface area contributed by atoms with Gasteiger partial charge in [0.2, 0.25) is 5.91 Å². The Kier molecular flexibility index (Phi) is 5.52. The Labute approximate surface area is 148 Å². The molecule has 5 nitrogen and oxygen atoms in total. The van der Waals surface area contributed by atoms with E-state index < -0.39 is 9.84 Å². The van der Waals surface area contributed by atoms with Gasteiger partial charge in [-0.1, -0.05) is 18.6 Å². The second kappa shape index (κ2) is 7.45. The number of rotatable bonds is 5. The lowest BCUT2D eigenvalue weighted by atomic mass is 10.1. The topological polar surface area (TPSA) is 57.7 Å². The molecule has 0 radical (unpaired) electrons. The number of thioether (sulfide) groups is 1. The maximum absolute atomic E-state index is 12.2. The predicted molar refractivity (Wildman–Crippen MR) is 96.8 cm³/mol. The molecule has 3 rings (SSSR count). The molecule has 0 aromatic heterocycles. The molecule has 2 fully saturated rings. The highest BCUT2D eigenvalue weighted by atomic mass is 32.2. The quantitative estimate of drug-likeness (QED) is 0.797. The summed E-state index contributed by atoms with van der Waals surface area (Å²) in [5.74, 6) is 0.674. The first-order valence-corrected chi connectivity index (χ1v) is 11.3. The van der Waals surface area contributed by atoms with E-state index in [1.807, 2.05) is 17.0 Å². The average molecular weight is 369 g/mol. The van der Waals surface area contributed by atoms with E-state index in [9.17, 15) is 13.2 Å². The van der Waals surface area contributed by atoms with Crippen LogP contribution in [0.4, 0.5) is 0 Å². The maximum Gasteiger partial charge on any atom is 0.233 e. The molecular weight excluding hydrogens is 344 g/mol. The van der Waals surface area contributed by atoms with Crippen LogP contribution in [0.1, 0.15) is 30.2 Å². The molecule has 1 aromatic carbocycles. The Morgan fingerprint density at radius 2 is 1.75 bits per heavy atom. The second-order valence-corrected chi connectivity index (χ2v) is 9.58. The molecule has 2 saturated heterocycles. The molecule has 1 atom stereocenters. The zero-order chi connectivity index (χ0) is 17.2. The SMILES string of the molecule is CS(=O)(=O)c1ccc(C2SCC(=O)N2CCN2CCCCC2)cc1. The summed E-state index contributed by atoms with van der Waals surface area (Å²) in [6.07, 6.45) is 5.02. The zero-order valence-electron chi connectivity index (χ0n) is 14.0. The van der Waals surface area contributed by atoms with Gasteiger partial charge in [-0.25, -0.2) is 8.42 Å². The Morgan fingerprint density at radius 3 is 2.38 bits per heavy atom. The predicted octanol–water partition coefficient (Wildman–Crippen LogP) is 2.15. The molecule has 1 unspecified atom stereocenters. The minimum Gasteiger partial charge on any atom is -0.325 e. The highest BCUT2D eigenvalue weighted by molar-refractivity contribution is 8.00. The van der Waals surface area contributed by atoms with Crippen LogP contribution in [0.15, 0.2) is 29.2 Å². The van der Waals surface area contributed by atoms with Gasteiger partial charge in [0.05, 0.1) is 10.6 Å². The number of nitrogens with zero attached hydrogens (tertiary/aromatic N) is 2. The molecule has 0 saturated carbocycles. The number of sulfone groups is 1. The molecule has 0 aliphatic carbocycles. The standard InChI is InChI=1S/C17H24N2O3S2/c1-24(21,22)15-7-5-14(6-8-15)17-19(16(20)13-23-17)12-11-18-9-3-2-4-10-18/h5-8,17H,2-4,9-13H2,1H3. The van der Waals surface area contributed by atoms with Crippen molar-refractivity contribution in [3.8, 4) is 0 Å². The number of hydrogen-bond donors (Lipinski definition) is 0. The van der Waals surface area contributed by atoms with Gasteiger partial charge in [-0.3, -0.25) is 4.79 Å². The molecule has 132 valence electrons. The van der Waals surface area contributed by atoms with Crippen molar-refractivity contribution < 1.29 is 13.2 Å². The van der Waals surface area contributed by atoms with Gasteiger partial charge in [-0.2, -0.15) is 0 Å². The number of piperidine rings is 1. The smallest absolute Gasteiger partial charge is 0.233 e. The number of carbonyl (C=O) groups is 1. The third-order valence-electron chi connectivity index (χ3n) is 4.67. The van der Waals surface area contributed by atoms with E-state index in [0.717, 1.165) is 31.7 Å². The first-order valence-electron chi connectivity index (χ1n) is 8.38. The van der Waals surface area contributed by atoms with Crippen LogP contribution in [0.3, 0.4) is 0 Å². The average Bonchev–Trinajstić information content (AvgIpc) is 2.94. The van der Waals surface area contributed by atoms with E-state index >= 15 is 0 Å². The fourth-order valence-corrected chi connectivity index (χ4v) is 5.13. The summed E-state index contributed by atoms with van der Waals surface area (Å²) in [4.78, 5) is 16.9. The molecule has 1 amide bonds. The van der Waals surface area contributed by atoms with Gasteiger partial charge in [0.15, 0.2) is 9.84 Å². The lowest BCUT2D eigenvalue weighted by Crippen LogP contribution is -2.39. The van der Waals surface area contributed by atoms with Crippen LogP contribution in [0.25, 0.3) is 0 Å². The van der Waals surface area contributed by atoms with Crippen molar-refractivity contribution in [2.75, 3.05) is 38.2 Å². The number of benzene rings is 1. The van der Waals surface area contributed by atoms with Crippen LogP contribution >= 0.6 is 11.8 Å². The Bertz CT molecular complexity index is 682. The van der Waals surface area contributed by atoms with E-state index in [4.69, 9.17) is 0 Å². The molecular formula is C17H24N2O3S2. The highest BCUT2D eigenvalue weighted by Crippen LogP contribution is 2.38. The fraction of sp³-hybridized carbons (Fsp3) is 0.588. The maximum atomic E-state index is 12.2. The van der Waals surface area contributed by atoms with Gasteiger partial charge < -0.3 is 9.80 Å². The van der Waals surface area contributed by atoms with Crippen molar-refractivity contribution in [3.63, 3.8) is 0 Å². The van der Waals surface area contributed by atoms with Crippen molar-refractivity contribution in [1.82, 2.24) is 9.80 Å². The summed E-state index contributed by atoms with van der Waals surface area (Å²) >= 11 is 1.62. The summed E-state index contributed by atoms with van der Waals surface area (Å²) < 4.78 is 23.2. The van der Waals surface area contributed by atoms with Gasteiger partial charge in [0.1, 0.15) is 5.37 Å². The first kappa shape index (κ1) is 17.8. The third-order valence-corrected chi connectivity index (χ3v) is 7.05. The molecule has 2 aliphatic rings. The van der Waals surface area contributed by atoms with Gasteiger partial charge in [0, 0.05) is 19.3 Å². The first-order chi connectivity index (χ1) is 11.4. The van der Waals surface area contributed by atoms with Crippen molar-refractivity contribution in [2.24, 2.45) is 0 Å². The number of likely N-dealkylation sites (tertiary alicyclic amines) is 1. The summed E-state index contributed by atoms with van der Waals surface area (Å²) in [6.45, 7) is 3.92. The number of carbonyl (C=O) groups excluding carboxylic acids is 1. The molecule has 0 N–H and O–H groups in total. The molecule has 7 heteroatoms. The monoisotopic (exact) mass is 368 g/mol. The van der Waals surface area contributed by atoms with Crippen LogP contribution < -0.4 is 0 Å². The zero-order valence-corrected chi connectivity index (χ0v) is 15.6. The number of amides is 1. The lowest BCUT2D eigenvalue weighted by molar-refractivity contribution is -0.128. The van der Waals surface area contributed by atoms with Crippen molar-refractivity contribution in [1.29, 1.82) is 0 Å². The molecule has 2 aliphatic heterocycles. The van der Waals surface area contributed by atoms with Gasteiger partial charge in [-0.15, -0.1) is 11.8 Å². The van der Waals surface area contributed by atoms with Gasteiger partial charge >= 0.3 is 0 Å². The van der Waals surface area contributed by atoms with E-state index in [1.165, 1.54) is 25.5 Å². The Balaban J connectivity index is 1.68. The van der Waals surface area contributed by atoms with Crippen LogP contribution in [0.2, 0.25) is 0 Å². The molecule has 1 aromatic rings. The molecule has 2 heterocycles.